The van der Waals surface area contributed by atoms with E-state index in [9.17, 15) is 9.59 Å². The minimum atomic E-state index is -0.418. The number of carbonyl (C=O) groups is 2. The molecule has 26 heavy (non-hydrogen) atoms. The average molecular weight is 397 g/mol. The number of amides is 2. The van der Waals surface area contributed by atoms with Gasteiger partial charge in [0.1, 0.15) is 5.69 Å². The lowest BCUT2D eigenvalue weighted by molar-refractivity contribution is -0.129. The normalized spacial score (nSPS) is 11.0. The highest BCUT2D eigenvalue weighted by Crippen LogP contribution is 2.32. The lowest BCUT2D eigenvalue weighted by Crippen LogP contribution is -2.26. The van der Waals surface area contributed by atoms with Crippen LogP contribution in [0, 0.1) is 12.8 Å². The maximum atomic E-state index is 12.5. The van der Waals surface area contributed by atoms with E-state index in [4.69, 9.17) is 5.21 Å². The zero-order chi connectivity index (χ0) is 19.1. The Morgan fingerprint density at radius 2 is 2.00 bits per heavy atom. The van der Waals surface area contributed by atoms with Crippen LogP contribution in [0.5, 0.6) is 0 Å². The molecule has 0 fully saturated rings. The number of carbonyl (C=O) groups excluding carboxylic acids is 2. The van der Waals surface area contributed by atoms with Crippen LogP contribution in [0.25, 0.3) is 10.0 Å². The van der Waals surface area contributed by atoms with E-state index in [1.165, 1.54) is 11.3 Å². The van der Waals surface area contributed by atoms with E-state index in [-0.39, 0.29) is 12.3 Å². The number of hydrogen-bond acceptors (Lipinski definition) is 7. The topological polar surface area (TPSA) is 104 Å². The Balaban J connectivity index is 2.02. The lowest BCUT2D eigenvalue weighted by Gasteiger charge is -2.06. The summed E-state index contributed by atoms with van der Waals surface area (Å²) < 4.78 is 0. The van der Waals surface area contributed by atoms with Crippen LogP contribution in [0.3, 0.4) is 0 Å². The molecule has 9 heteroatoms. The Labute approximate surface area is 160 Å². The molecule has 0 aliphatic heterocycles. The smallest absolute Gasteiger partial charge is 0.271 e. The van der Waals surface area contributed by atoms with Gasteiger partial charge in [-0.05, 0) is 32.1 Å². The molecule has 2 amide bonds. The zero-order valence-electron chi connectivity index (χ0n) is 15.2. The molecule has 2 heterocycles. The third-order valence-electron chi connectivity index (χ3n) is 3.55. The van der Waals surface area contributed by atoms with Gasteiger partial charge in [-0.1, -0.05) is 13.8 Å². The van der Waals surface area contributed by atoms with Crippen molar-refractivity contribution in [2.45, 2.75) is 46.5 Å². The molecule has 142 valence electrons. The van der Waals surface area contributed by atoms with Crippen LogP contribution in [-0.2, 0) is 11.2 Å². The summed E-state index contributed by atoms with van der Waals surface area (Å²) in [6.07, 6.45) is 4.08. The fourth-order valence-corrected chi connectivity index (χ4v) is 4.40. The van der Waals surface area contributed by atoms with Gasteiger partial charge in [-0.25, -0.2) is 15.4 Å². The second-order valence-electron chi connectivity index (χ2n) is 6.41. The summed E-state index contributed by atoms with van der Waals surface area (Å²) in [5, 5.41) is 12.9. The number of aryl methyl sites for hydroxylation is 1. The van der Waals surface area contributed by atoms with Crippen molar-refractivity contribution < 1.29 is 14.8 Å². The fraction of sp³-hybridized carbons (Fsp3) is 0.529. The van der Waals surface area contributed by atoms with E-state index in [0.717, 1.165) is 26.2 Å². The first kappa shape index (κ1) is 20.5. The monoisotopic (exact) mass is 396 g/mol. The Hall–Kier alpha value is -1.84. The van der Waals surface area contributed by atoms with Crippen molar-refractivity contribution in [3.8, 4) is 10.0 Å². The number of nitrogens with one attached hydrogen (secondary N) is 2. The largest absolute Gasteiger partial charge is 0.351 e. The summed E-state index contributed by atoms with van der Waals surface area (Å²) in [5.74, 6) is -0.189. The number of unbranched alkanes of at least 4 members (excludes halogenated alkanes) is 1. The van der Waals surface area contributed by atoms with Crippen molar-refractivity contribution in [2.24, 2.45) is 5.92 Å². The molecule has 0 aliphatic rings. The summed E-state index contributed by atoms with van der Waals surface area (Å²) in [6, 6.07) is 0. The van der Waals surface area contributed by atoms with E-state index in [0.29, 0.717) is 31.0 Å². The maximum absolute atomic E-state index is 12.5. The maximum Gasteiger partial charge on any atom is 0.271 e. The molecule has 0 aliphatic carbocycles. The van der Waals surface area contributed by atoms with Gasteiger partial charge in [-0.3, -0.25) is 14.8 Å². The second kappa shape index (κ2) is 9.75. The van der Waals surface area contributed by atoms with Crippen molar-refractivity contribution in [3.63, 3.8) is 0 Å². The van der Waals surface area contributed by atoms with E-state index in [2.05, 4.69) is 29.1 Å². The van der Waals surface area contributed by atoms with Gasteiger partial charge in [0.2, 0.25) is 5.91 Å². The van der Waals surface area contributed by atoms with Crippen molar-refractivity contribution in [1.29, 1.82) is 0 Å². The zero-order valence-corrected chi connectivity index (χ0v) is 16.8. The second-order valence-corrected chi connectivity index (χ2v) is 8.73. The van der Waals surface area contributed by atoms with Gasteiger partial charge in [0.25, 0.3) is 5.91 Å². The highest BCUT2D eigenvalue weighted by Gasteiger charge is 2.20. The Bertz CT molecular complexity index is 755. The molecule has 0 atom stereocenters. The first-order chi connectivity index (χ1) is 12.4. The van der Waals surface area contributed by atoms with Crippen LogP contribution in [0.2, 0.25) is 0 Å². The van der Waals surface area contributed by atoms with Crippen molar-refractivity contribution in [2.75, 3.05) is 6.54 Å². The van der Waals surface area contributed by atoms with Gasteiger partial charge in [0.05, 0.1) is 0 Å². The number of aromatic nitrogens is 2. The fourth-order valence-electron chi connectivity index (χ4n) is 2.34. The molecule has 2 aromatic heterocycles. The number of hydrogen-bond donors (Lipinski definition) is 3. The molecule has 0 radical (unpaired) electrons. The van der Waals surface area contributed by atoms with Crippen molar-refractivity contribution in [1.82, 2.24) is 20.8 Å². The number of nitrogens with zero attached hydrogens (tertiary/aromatic N) is 2. The van der Waals surface area contributed by atoms with E-state index in [1.54, 1.807) is 16.8 Å². The molecule has 0 aromatic carbocycles. The molecule has 7 nitrogen and oxygen atoms in total. The van der Waals surface area contributed by atoms with E-state index >= 15 is 0 Å². The Kier molecular flexibility index (Phi) is 7.67. The molecule has 2 aromatic rings. The molecule has 0 saturated carbocycles. The number of hydroxylamine groups is 1. The highest BCUT2D eigenvalue weighted by molar-refractivity contribution is 7.21. The van der Waals surface area contributed by atoms with E-state index < -0.39 is 5.91 Å². The predicted octanol–water partition coefficient (Wildman–Crippen LogP) is 3.18. The van der Waals surface area contributed by atoms with Gasteiger partial charge >= 0.3 is 0 Å². The van der Waals surface area contributed by atoms with Gasteiger partial charge < -0.3 is 5.32 Å². The molecule has 0 spiro atoms. The first-order valence-corrected chi connectivity index (χ1v) is 10.2. The molecule has 0 unspecified atom stereocenters. The summed E-state index contributed by atoms with van der Waals surface area (Å²) in [5.41, 5.74) is 2.07. The molecule has 2 rings (SSSR count). The number of thiazole rings is 2. The summed E-state index contributed by atoms with van der Waals surface area (Å²) in [6.45, 7) is 6.68. The van der Waals surface area contributed by atoms with Gasteiger partial charge in [0, 0.05) is 28.9 Å². The average Bonchev–Trinajstić information content (AvgIpc) is 3.20. The third kappa shape index (κ3) is 5.86. The predicted molar refractivity (Wildman–Crippen MR) is 103 cm³/mol. The van der Waals surface area contributed by atoms with Crippen molar-refractivity contribution >= 4 is 34.5 Å². The van der Waals surface area contributed by atoms with Crippen LogP contribution in [0.15, 0.2) is 6.20 Å². The minimum absolute atomic E-state index is 0.192. The summed E-state index contributed by atoms with van der Waals surface area (Å²) >= 11 is 3.10. The molecular weight excluding hydrogens is 372 g/mol. The van der Waals surface area contributed by atoms with Gasteiger partial charge in [-0.15, -0.1) is 22.7 Å². The molecule has 3 N–H and O–H groups in total. The molecule has 0 bridgehead atoms. The third-order valence-corrected chi connectivity index (χ3v) is 5.68. The van der Waals surface area contributed by atoms with Gasteiger partial charge in [0.15, 0.2) is 10.0 Å². The Morgan fingerprint density at radius 3 is 2.62 bits per heavy atom. The Morgan fingerprint density at radius 1 is 1.23 bits per heavy atom. The molecular formula is C17H24N4O3S2. The lowest BCUT2D eigenvalue weighted by atomic mass is 10.1. The molecule has 0 saturated heterocycles. The van der Waals surface area contributed by atoms with Crippen LogP contribution in [-0.4, -0.2) is 33.5 Å². The summed E-state index contributed by atoms with van der Waals surface area (Å²) in [7, 11) is 0. The van der Waals surface area contributed by atoms with Crippen LogP contribution in [0.4, 0.5) is 0 Å². The highest BCUT2D eigenvalue weighted by atomic mass is 32.1. The van der Waals surface area contributed by atoms with Crippen LogP contribution < -0.4 is 10.8 Å². The SMILES string of the molecule is Cc1cnc(-c2nc(C(=O)NCCCCC(=O)NO)c(CC(C)C)s2)s1. The standard InChI is InChI=1S/C17H24N4O3S2/c1-10(2)8-12-14(15(23)18-7-5-4-6-13(22)21-24)20-17(26-12)16-19-9-11(3)25-16/h9-10,24H,4-8H2,1-3H3,(H,18,23)(H,21,22). The van der Waals surface area contributed by atoms with Crippen LogP contribution in [0.1, 0.15) is 53.4 Å². The van der Waals surface area contributed by atoms with E-state index in [1.807, 2.05) is 13.1 Å². The van der Waals surface area contributed by atoms with Gasteiger partial charge in [-0.2, -0.15) is 0 Å². The summed E-state index contributed by atoms with van der Waals surface area (Å²) in [4.78, 5) is 34.5. The minimum Gasteiger partial charge on any atom is -0.351 e. The first-order valence-electron chi connectivity index (χ1n) is 8.54. The van der Waals surface area contributed by atoms with Crippen LogP contribution >= 0.6 is 22.7 Å². The quantitative estimate of drug-likeness (QED) is 0.343. The number of rotatable bonds is 9. The van der Waals surface area contributed by atoms with Crippen molar-refractivity contribution in [3.05, 3.63) is 21.6 Å².